The Morgan fingerprint density at radius 3 is 3.00 bits per heavy atom. The zero-order valence-electron chi connectivity index (χ0n) is 9.46. The molecule has 1 saturated heterocycles. The Hall–Kier alpha value is -0.610. The largest absolute Gasteiger partial charge is 0.396 e. The number of carbonyl (C=O) groups is 1. The summed E-state index contributed by atoms with van der Waals surface area (Å²) in [6.07, 6.45) is 3.51. The summed E-state index contributed by atoms with van der Waals surface area (Å²) >= 11 is 0. The molecule has 0 spiro atoms. The number of unbranched alkanes of at least 4 members (excludes halogenated alkanes) is 1. The molecule has 1 heterocycles. The van der Waals surface area contributed by atoms with Crippen LogP contribution in [0.15, 0.2) is 0 Å². The minimum Gasteiger partial charge on any atom is -0.396 e. The number of aliphatic hydroxyl groups excluding tert-OH is 1. The predicted molar refractivity (Wildman–Crippen MR) is 59.5 cm³/mol. The molecule has 4 nitrogen and oxygen atoms in total. The zero-order chi connectivity index (χ0) is 11.1. The van der Waals surface area contributed by atoms with Gasteiger partial charge in [0.25, 0.3) is 0 Å². The van der Waals surface area contributed by atoms with Crippen LogP contribution in [0.5, 0.6) is 0 Å². The van der Waals surface area contributed by atoms with Gasteiger partial charge in [0.15, 0.2) is 0 Å². The van der Waals surface area contributed by atoms with E-state index in [0.29, 0.717) is 12.6 Å². The van der Waals surface area contributed by atoms with E-state index in [2.05, 4.69) is 17.6 Å². The van der Waals surface area contributed by atoms with Crippen LogP contribution in [0, 0.1) is 5.92 Å². The highest BCUT2D eigenvalue weighted by Gasteiger charge is 2.23. The Morgan fingerprint density at radius 2 is 2.33 bits per heavy atom. The topological polar surface area (TPSA) is 61.4 Å². The van der Waals surface area contributed by atoms with Crippen LogP contribution in [0.3, 0.4) is 0 Å². The van der Waals surface area contributed by atoms with Crippen molar-refractivity contribution in [3.8, 4) is 0 Å². The summed E-state index contributed by atoms with van der Waals surface area (Å²) in [5.74, 6) is 0.358. The van der Waals surface area contributed by atoms with Gasteiger partial charge in [0.05, 0.1) is 0 Å². The molecule has 2 unspecified atom stereocenters. The van der Waals surface area contributed by atoms with Gasteiger partial charge in [-0.1, -0.05) is 0 Å². The number of nitrogens with one attached hydrogen (secondary N) is 2. The van der Waals surface area contributed by atoms with Crippen LogP contribution >= 0.6 is 0 Å². The minimum absolute atomic E-state index is 0.176. The van der Waals surface area contributed by atoms with Gasteiger partial charge in [-0.15, -0.1) is 0 Å². The number of piperidine rings is 1. The van der Waals surface area contributed by atoms with Crippen LogP contribution in [0.1, 0.15) is 32.6 Å². The van der Waals surface area contributed by atoms with Crippen molar-refractivity contribution in [3.05, 3.63) is 0 Å². The molecule has 1 aliphatic rings. The molecule has 1 amide bonds. The van der Waals surface area contributed by atoms with Crippen molar-refractivity contribution in [2.45, 2.75) is 38.6 Å². The van der Waals surface area contributed by atoms with E-state index in [-0.39, 0.29) is 18.4 Å². The Kier molecular flexibility index (Phi) is 5.65. The number of amides is 1. The normalized spacial score (nSPS) is 26.3. The molecule has 0 saturated carbocycles. The molecule has 0 aromatic heterocycles. The smallest absolute Gasteiger partial charge is 0.223 e. The van der Waals surface area contributed by atoms with Gasteiger partial charge in [-0.25, -0.2) is 0 Å². The van der Waals surface area contributed by atoms with Gasteiger partial charge in [-0.3, -0.25) is 4.79 Å². The average molecular weight is 214 g/mol. The molecule has 1 aliphatic heterocycles. The molecule has 0 aromatic carbocycles. The summed E-state index contributed by atoms with van der Waals surface area (Å²) in [7, 11) is 0. The zero-order valence-corrected chi connectivity index (χ0v) is 9.46. The molecule has 0 bridgehead atoms. The fourth-order valence-electron chi connectivity index (χ4n) is 1.96. The fraction of sp³-hybridized carbons (Fsp3) is 0.909. The van der Waals surface area contributed by atoms with Crippen molar-refractivity contribution >= 4 is 5.91 Å². The lowest BCUT2D eigenvalue weighted by molar-refractivity contribution is -0.126. The molecule has 0 aromatic rings. The highest BCUT2D eigenvalue weighted by molar-refractivity contribution is 5.78. The molecule has 0 radical (unpaired) electrons. The molecule has 1 rings (SSSR count). The highest BCUT2D eigenvalue weighted by atomic mass is 16.2. The van der Waals surface area contributed by atoms with Gasteiger partial charge in [0.2, 0.25) is 5.91 Å². The van der Waals surface area contributed by atoms with Crippen LogP contribution in [0.2, 0.25) is 0 Å². The number of hydrogen-bond donors (Lipinski definition) is 3. The summed E-state index contributed by atoms with van der Waals surface area (Å²) in [5, 5.41) is 14.9. The Balaban J connectivity index is 2.15. The van der Waals surface area contributed by atoms with Crippen molar-refractivity contribution in [3.63, 3.8) is 0 Å². The third kappa shape index (κ3) is 4.62. The van der Waals surface area contributed by atoms with E-state index in [1.54, 1.807) is 0 Å². The molecule has 4 heteroatoms. The number of carbonyl (C=O) groups excluding carboxylic acids is 1. The predicted octanol–water partition coefficient (Wildman–Crippen LogP) is 0.263. The lowest BCUT2D eigenvalue weighted by Gasteiger charge is -2.27. The summed E-state index contributed by atoms with van der Waals surface area (Å²) in [5.41, 5.74) is 0. The third-order valence-electron chi connectivity index (χ3n) is 2.88. The summed E-state index contributed by atoms with van der Waals surface area (Å²) in [4.78, 5) is 11.7. The quantitative estimate of drug-likeness (QED) is 0.575. The average Bonchev–Trinajstić information content (AvgIpc) is 2.24. The van der Waals surface area contributed by atoms with E-state index in [4.69, 9.17) is 5.11 Å². The summed E-state index contributed by atoms with van der Waals surface area (Å²) in [6.45, 7) is 3.96. The first kappa shape index (κ1) is 12.5. The van der Waals surface area contributed by atoms with Crippen molar-refractivity contribution in [2.75, 3.05) is 19.7 Å². The molecule has 1 fully saturated rings. The van der Waals surface area contributed by atoms with E-state index < -0.39 is 0 Å². The molecule has 88 valence electrons. The Bertz CT molecular complexity index is 197. The molecule has 3 N–H and O–H groups in total. The van der Waals surface area contributed by atoms with Crippen LogP contribution in [0.4, 0.5) is 0 Å². The van der Waals surface area contributed by atoms with Crippen molar-refractivity contribution < 1.29 is 9.90 Å². The second kappa shape index (κ2) is 6.80. The molecular formula is C11H22N2O2. The Morgan fingerprint density at radius 1 is 1.53 bits per heavy atom. The summed E-state index contributed by atoms with van der Waals surface area (Å²) < 4.78 is 0. The maximum Gasteiger partial charge on any atom is 0.223 e. The number of hydrogen-bond acceptors (Lipinski definition) is 3. The van der Waals surface area contributed by atoms with Crippen LogP contribution in [-0.4, -0.2) is 36.8 Å². The second-order valence-corrected chi connectivity index (χ2v) is 4.30. The van der Waals surface area contributed by atoms with E-state index in [0.717, 1.165) is 32.2 Å². The van der Waals surface area contributed by atoms with Crippen LogP contribution in [-0.2, 0) is 4.79 Å². The number of rotatable bonds is 5. The van der Waals surface area contributed by atoms with E-state index in [1.807, 2.05) is 0 Å². The molecule has 0 aliphatic carbocycles. The van der Waals surface area contributed by atoms with Crippen LogP contribution < -0.4 is 10.6 Å². The van der Waals surface area contributed by atoms with Crippen molar-refractivity contribution in [1.29, 1.82) is 0 Å². The van der Waals surface area contributed by atoms with Gasteiger partial charge in [0, 0.05) is 25.1 Å². The first-order chi connectivity index (χ1) is 7.24. The second-order valence-electron chi connectivity index (χ2n) is 4.30. The van der Waals surface area contributed by atoms with Gasteiger partial charge in [-0.2, -0.15) is 0 Å². The van der Waals surface area contributed by atoms with E-state index >= 15 is 0 Å². The van der Waals surface area contributed by atoms with E-state index in [1.165, 1.54) is 0 Å². The van der Waals surface area contributed by atoms with Gasteiger partial charge in [-0.05, 0) is 39.2 Å². The summed E-state index contributed by atoms with van der Waals surface area (Å²) in [6, 6.07) is 0.451. The third-order valence-corrected chi connectivity index (χ3v) is 2.88. The molecule has 15 heavy (non-hydrogen) atoms. The minimum atomic E-state index is 0.176. The lowest BCUT2D eigenvalue weighted by Crippen LogP contribution is -2.42. The SMILES string of the molecule is CC1CC(C(=O)NCCCCO)CCN1. The van der Waals surface area contributed by atoms with Crippen molar-refractivity contribution in [1.82, 2.24) is 10.6 Å². The maximum absolute atomic E-state index is 11.7. The first-order valence-electron chi connectivity index (χ1n) is 5.86. The lowest BCUT2D eigenvalue weighted by atomic mass is 9.92. The van der Waals surface area contributed by atoms with Crippen molar-refractivity contribution in [2.24, 2.45) is 5.92 Å². The maximum atomic E-state index is 11.7. The highest BCUT2D eigenvalue weighted by Crippen LogP contribution is 2.15. The standard InChI is InChI=1S/C11H22N2O2/c1-9-8-10(4-6-12-9)11(15)13-5-2-3-7-14/h9-10,12,14H,2-8H2,1H3,(H,13,15). The van der Waals surface area contributed by atoms with E-state index in [9.17, 15) is 4.79 Å². The number of aliphatic hydroxyl groups is 1. The fourth-order valence-corrected chi connectivity index (χ4v) is 1.96. The van der Waals surface area contributed by atoms with Gasteiger partial charge < -0.3 is 15.7 Å². The van der Waals surface area contributed by atoms with Gasteiger partial charge >= 0.3 is 0 Å². The molecule has 2 atom stereocenters. The Labute approximate surface area is 91.4 Å². The van der Waals surface area contributed by atoms with Crippen LogP contribution in [0.25, 0.3) is 0 Å². The molecular weight excluding hydrogens is 192 g/mol. The van der Waals surface area contributed by atoms with Gasteiger partial charge in [0.1, 0.15) is 0 Å². The first-order valence-corrected chi connectivity index (χ1v) is 5.86. The monoisotopic (exact) mass is 214 g/mol.